The molecule has 0 saturated heterocycles. The van der Waals surface area contributed by atoms with Crippen LogP contribution in [0.25, 0.3) is 0 Å². The zero-order valence-electron chi connectivity index (χ0n) is 14.7. The summed E-state index contributed by atoms with van der Waals surface area (Å²) in [5, 5.41) is 2.81. The zero-order chi connectivity index (χ0) is 18.0. The maximum Gasteiger partial charge on any atom is 0.309 e. The topological polar surface area (TPSA) is 92.8 Å². The summed E-state index contributed by atoms with van der Waals surface area (Å²) in [4.78, 5) is 49.3. The van der Waals surface area contributed by atoms with Crippen molar-refractivity contribution in [2.24, 2.45) is 17.8 Å². The molecule has 7 nitrogen and oxygen atoms in total. The molecule has 0 spiro atoms. The van der Waals surface area contributed by atoms with Gasteiger partial charge in [0.25, 0.3) is 5.91 Å². The van der Waals surface area contributed by atoms with Crippen molar-refractivity contribution in [1.29, 1.82) is 0 Å². The van der Waals surface area contributed by atoms with Crippen molar-refractivity contribution in [2.75, 3.05) is 20.2 Å². The Labute approximate surface area is 147 Å². The molecule has 7 heteroatoms. The molecule has 1 unspecified atom stereocenters. The quantitative estimate of drug-likeness (QED) is 0.711. The van der Waals surface area contributed by atoms with E-state index in [9.17, 15) is 19.2 Å². The third kappa shape index (κ3) is 4.58. The number of hydrogen-bond acceptors (Lipinski definition) is 5. The van der Waals surface area contributed by atoms with Crippen molar-refractivity contribution in [3.05, 3.63) is 0 Å². The predicted octanol–water partition coefficient (Wildman–Crippen LogP) is 0.662. The standard InChI is InChI=1S/C18H26N2O5/c1-20(9-15(21)19-14-5-6-14)16(22)10-25-18(24)13-7-11-3-2-4-12(8-13)17(11)23/h11-14H,2-10H2,1H3,(H,19,21)/t11-,12+,13?. The van der Waals surface area contributed by atoms with E-state index >= 15 is 0 Å². The number of carbonyl (C=O) groups excluding carboxylic acids is 4. The van der Waals surface area contributed by atoms with Crippen LogP contribution in [0.4, 0.5) is 0 Å². The monoisotopic (exact) mass is 350 g/mol. The number of Topliss-reactive ketones (excluding diaryl/α,β-unsaturated/α-hetero) is 1. The normalized spacial score (nSPS) is 28.2. The molecule has 1 N–H and O–H groups in total. The zero-order valence-corrected chi connectivity index (χ0v) is 14.7. The number of fused-ring (bicyclic) bond motifs is 2. The van der Waals surface area contributed by atoms with Gasteiger partial charge in [0.15, 0.2) is 6.61 Å². The summed E-state index contributed by atoms with van der Waals surface area (Å²) in [7, 11) is 1.52. The first-order valence-corrected chi connectivity index (χ1v) is 9.17. The summed E-state index contributed by atoms with van der Waals surface area (Å²) >= 11 is 0. The highest BCUT2D eigenvalue weighted by Crippen LogP contribution is 2.40. The lowest BCUT2D eigenvalue weighted by Crippen LogP contribution is -2.42. The van der Waals surface area contributed by atoms with Crippen LogP contribution in [0.2, 0.25) is 0 Å². The van der Waals surface area contributed by atoms with E-state index in [1.165, 1.54) is 11.9 Å². The molecule has 0 aliphatic heterocycles. The van der Waals surface area contributed by atoms with E-state index in [1.807, 2.05) is 0 Å². The molecule has 0 heterocycles. The molecule has 3 aliphatic carbocycles. The number of ether oxygens (including phenoxy) is 1. The Hall–Kier alpha value is -1.92. The summed E-state index contributed by atoms with van der Waals surface area (Å²) in [5.41, 5.74) is 0. The minimum Gasteiger partial charge on any atom is -0.455 e. The minimum atomic E-state index is -0.397. The van der Waals surface area contributed by atoms with Crippen molar-refractivity contribution >= 4 is 23.6 Å². The average molecular weight is 350 g/mol. The molecule has 2 amide bonds. The largest absolute Gasteiger partial charge is 0.455 e. The molecule has 0 aromatic heterocycles. The molecule has 0 radical (unpaired) electrons. The fourth-order valence-corrected chi connectivity index (χ4v) is 3.84. The van der Waals surface area contributed by atoms with Gasteiger partial charge in [-0.05, 0) is 38.5 Å². The van der Waals surface area contributed by atoms with Gasteiger partial charge in [0.2, 0.25) is 5.91 Å². The SMILES string of the molecule is CN(CC(=O)NC1CC1)C(=O)COC(=O)C1C[C@H]2CCC[C@@H](C1)C2=O. The first-order valence-electron chi connectivity index (χ1n) is 9.17. The molecular weight excluding hydrogens is 324 g/mol. The Bertz CT molecular complexity index is 556. The van der Waals surface area contributed by atoms with Crippen LogP contribution in [-0.4, -0.2) is 54.7 Å². The Morgan fingerprint density at radius 1 is 1.12 bits per heavy atom. The Kier molecular flexibility index (Phi) is 5.39. The number of ketones is 1. The summed E-state index contributed by atoms with van der Waals surface area (Å²) in [5.74, 6) is -1.01. The van der Waals surface area contributed by atoms with Crippen LogP contribution in [0, 0.1) is 17.8 Å². The fraction of sp³-hybridized carbons (Fsp3) is 0.778. The molecule has 0 aromatic rings. The Morgan fingerprint density at radius 3 is 2.36 bits per heavy atom. The molecule has 3 aliphatic rings. The minimum absolute atomic E-state index is 0.0189. The number of carbonyl (C=O) groups is 4. The van der Waals surface area contributed by atoms with Crippen LogP contribution in [0.1, 0.15) is 44.9 Å². The number of nitrogens with one attached hydrogen (secondary N) is 1. The Morgan fingerprint density at radius 2 is 1.76 bits per heavy atom. The van der Waals surface area contributed by atoms with Gasteiger partial charge in [-0.15, -0.1) is 0 Å². The number of esters is 1. The number of hydrogen-bond donors (Lipinski definition) is 1. The lowest BCUT2D eigenvalue weighted by Gasteiger charge is -2.36. The van der Waals surface area contributed by atoms with Crippen LogP contribution in [-0.2, 0) is 23.9 Å². The van der Waals surface area contributed by atoms with Gasteiger partial charge in [-0.2, -0.15) is 0 Å². The van der Waals surface area contributed by atoms with Crippen LogP contribution in [0.3, 0.4) is 0 Å². The number of likely N-dealkylation sites (N-methyl/N-ethyl adjacent to an activating group) is 1. The molecule has 138 valence electrons. The van der Waals surface area contributed by atoms with Crippen molar-refractivity contribution in [2.45, 2.75) is 51.0 Å². The summed E-state index contributed by atoms with van der Waals surface area (Å²) < 4.78 is 5.17. The highest BCUT2D eigenvalue weighted by molar-refractivity contribution is 5.88. The maximum atomic E-state index is 12.3. The molecule has 0 aromatic carbocycles. The predicted molar refractivity (Wildman–Crippen MR) is 88.3 cm³/mol. The van der Waals surface area contributed by atoms with E-state index in [0.29, 0.717) is 18.6 Å². The molecule has 25 heavy (non-hydrogen) atoms. The van der Waals surface area contributed by atoms with Gasteiger partial charge < -0.3 is 15.0 Å². The molecule has 3 fully saturated rings. The lowest BCUT2D eigenvalue weighted by molar-refractivity contribution is -0.158. The van der Waals surface area contributed by atoms with E-state index in [-0.39, 0.29) is 42.9 Å². The van der Waals surface area contributed by atoms with Gasteiger partial charge >= 0.3 is 5.97 Å². The van der Waals surface area contributed by atoms with Crippen molar-refractivity contribution in [3.63, 3.8) is 0 Å². The number of nitrogens with zero attached hydrogens (tertiary/aromatic N) is 1. The van der Waals surface area contributed by atoms with Crippen molar-refractivity contribution in [3.8, 4) is 0 Å². The van der Waals surface area contributed by atoms with E-state index in [1.54, 1.807) is 0 Å². The molecule has 2 bridgehead atoms. The molecule has 3 saturated carbocycles. The van der Waals surface area contributed by atoms with Gasteiger partial charge in [-0.3, -0.25) is 19.2 Å². The van der Waals surface area contributed by atoms with Gasteiger partial charge in [0.05, 0.1) is 12.5 Å². The van der Waals surface area contributed by atoms with Crippen LogP contribution in [0.15, 0.2) is 0 Å². The lowest BCUT2D eigenvalue weighted by atomic mass is 9.67. The second-order valence-electron chi connectivity index (χ2n) is 7.59. The molecule has 3 atom stereocenters. The van der Waals surface area contributed by atoms with Gasteiger partial charge in [-0.25, -0.2) is 0 Å². The third-order valence-electron chi connectivity index (χ3n) is 5.47. The van der Waals surface area contributed by atoms with Crippen molar-refractivity contribution in [1.82, 2.24) is 10.2 Å². The van der Waals surface area contributed by atoms with E-state index in [4.69, 9.17) is 4.74 Å². The number of rotatable bonds is 6. The number of amides is 2. The van der Waals surface area contributed by atoms with E-state index in [0.717, 1.165) is 32.1 Å². The summed E-state index contributed by atoms with van der Waals surface area (Å²) in [6, 6.07) is 0.252. The first-order chi connectivity index (χ1) is 11.9. The smallest absolute Gasteiger partial charge is 0.309 e. The maximum absolute atomic E-state index is 12.3. The summed E-state index contributed by atoms with van der Waals surface area (Å²) in [6.07, 6.45) is 5.84. The highest BCUT2D eigenvalue weighted by atomic mass is 16.5. The van der Waals surface area contributed by atoms with Gasteiger partial charge in [0, 0.05) is 24.9 Å². The van der Waals surface area contributed by atoms with Gasteiger partial charge in [-0.1, -0.05) is 6.42 Å². The second-order valence-corrected chi connectivity index (χ2v) is 7.59. The van der Waals surface area contributed by atoms with E-state index in [2.05, 4.69) is 5.32 Å². The molecule has 3 rings (SSSR count). The van der Waals surface area contributed by atoms with Crippen molar-refractivity contribution < 1.29 is 23.9 Å². The average Bonchev–Trinajstić information content (AvgIpc) is 3.35. The van der Waals surface area contributed by atoms with Crippen LogP contribution >= 0.6 is 0 Å². The van der Waals surface area contributed by atoms with Crippen LogP contribution in [0.5, 0.6) is 0 Å². The third-order valence-corrected chi connectivity index (χ3v) is 5.47. The van der Waals surface area contributed by atoms with E-state index < -0.39 is 11.9 Å². The Balaban J connectivity index is 1.41. The summed E-state index contributed by atoms with van der Waals surface area (Å²) in [6.45, 7) is -0.388. The highest BCUT2D eigenvalue weighted by Gasteiger charge is 2.42. The molecular formula is C18H26N2O5. The van der Waals surface area contributed by atoms with Gasteiger partial charge in [0.1, 0.15) is 5.78 Å². The fourth-order valence-electron chi connectivity index (χ4n) is 3.84. The second kappa shape index (κ2) is 7.54. The first kappa shape index (κ1) is 17.9. The van der Waals surface area contributed by atoms with Crippen LogP contribution < -0.4 is 5.32 Å².